The number of piperidine rings is 2. The van der Waals surface area contributed by atoms with Crippen molar-refractivity contribution < 1.29 is 26.9 Å². The largest absolute Gasteiger partial charge is 0.488 e. The lowest BCUT2D eigenvalue weighted by Crippen LogP contribution is -2.35. The van der Waals surface area contributed by atoms with Crippen LogP contribution >= 0.6 is 12.4 Å². The van der Waals surface area contributed by atoms with Gasteiger partial charge in [-0.15, -0.1) is 32.8 Å². The molecule has 0 atom stereocenters. The number of tetrazole rings is 2. The van der Waals surface area contributed by atoms with E-state index in [0.29, 0.717) is 28.9 Å². The maximum Gasteiger partial charge on any atom is 0.488 e. The first kappa shape index (κ1) is 56.6. The second-order valence-corrected chi connectivity index (χ2v) is 23.4. The van der Waals surface area contributed by atoms with Crippen molar-refractivity contribution in [2.45, 2.75) is 125 Å². The Balaban J connectivity index is 0.000000185. The van der Waals surface area contributed by atoms with Crippen molar-refractivity contribution in [2.24, 2.45) is 11.8 Å². The summed E-state index contributed by atoms with van der Waals surface area (Å²) in [5, 5.41) is 47.3. The van der Waals surface area contributed by atoms with E-state index >= 15 is 0 Å². The lowest BCUT2D eigenvalue weighted by atomic mass is 9.81. The van der Waals surface area contributed by atoms with Gasteiger partial charge in [-0.05, 0) is 141 Å². The zero-order chi connectivity index (χ0) is 51.2. The summed E-state index contributed by atoms with van der Waals surface area (Å²) in [6, 6.07) is 30.2. The lowest BCUT2D eigenvalue weighted by Gasteiger charge is -2.32. The van der Waals surface area contributed by atoms with E-state index in [0.717, 1.165) is 87.0 Å². The van der Waals surface area contributed by atoms with Crippen LogP contribution in [0.25, 0.3) is 22.8 Å². The van der Waals surface area contributed by atoms with Crippen molar-refractivity contribution in [2.75, 3.05) is 45.2 Å². The van der Waals surface area contributed by atoms with Crippen LogP contribution in [0.4, 0.5) is 5.69 Å². The van der Waals surface area contributed by atoms with E-state index in [-0.39, 0.29) is 34.3 Å². The van der Waals surface area contributed by atoms with E-state index in [9.17, 15) is 16.8 Å². The highest BCUT2D eigenvalue weighted by molar-refractivity contribution is 7.89. The standard InChI is InChI=1S/C26H34N6O2S.C20H30N6O2S.C6H7BO2.ClH/c1-27-35(33,34)24-13-12-21(18-20-8-4-2-5-9-20)25(19-24)26-28-30-32(29-26)23-14-16-31(17-15-23)22-10-6-3-7-11-22;1-21-29(27,28)18-8-7-16(13-15-5-3-2-4-6-15)19(14-18)20-23-25-26(24-20)17-9-11-22-12-10-17;8-7(9)6-4-2-1-3-5-6;/h3,6-7,10-13,19-20,23,27H,2,4-5,8-9,14-18H2,1H3;7-8,14-15,17,21-22H,2-6,9-13H2,1H3;1-5,8-9H;1H. The summed E-state index contributed by atoms with van der Waals surface area (Å²) >= 11 is 0. The molecule has 74 heavy (non-hydrogen) atoms. The number of anilines is 1. The topological polar surface area (TPSA) is 235 Å². The lowest BCUT2D eigenvalue weighted by molar-refractivity contribution is 0.309. The molecule has 4 aliphatic rings. The van der Waals surface area contributed by atoms with Crippen molar-refractivity contribution in [1.29, 1.82) is 0 Å². The number of benzene rings is 4. The van der Waals surface area contributed by atoms with Crippen LogP contribution in [-0.4, -0.2) is 115 Å². The van der Waals surface area contributed by atoms with Crippen LogP contribution in [0.3, 0.4) is 0 Å². The van der Waals surface area contributed by atoms with Crippen molar-refractivity contribution in [3.05, 3.63) is 108 Å². The van der Waals surface area contributed by atoms with Crippen LogP contribution in [0, 0.1) is 11.8 Å². The normalized spacial score (nSPS) is 17.3. The molecular formula is C52H72BClN12O6S2. The first-order valence-electron chi connectivity index (χ1n) is 26.0. The second kappa shape index (κ2) is 27.1. The number of halogens is 1. The fourth-order valence-corrected chi connectivity index (χ4v) is 12.0. The highest BCUT2D eigenvalue weighted by atomic mass is 35.5. The average Bonchev–Trinajstić information content (AvgIpc) is 4.15. The summed E-state index contributed by atoms with van der Waals surface area (Å²) in [4.78, 5) is 6.31. The molecule has 4 aromatic carbocycles. The van der Waals surface area contributed by atoms with Crippen LogP contribution in [0.2, 0.25) is 0 Å². The molecule has 0 amide bonds. The molecule has 22 heteroatoms. The summed E-state index contributed by atoms with van der Waals surface area (Å²) in [6.07, 6.45) is 18.3. The summed E-state index contributed by atoms with van der Waals surface area (Å²) in [5.41, 5.74) is 5.54. The third kappa shape index (κ3) is 15.0. The molecule has 6 aromatic rings. The van der Waals surface area contributed by atoms with Crippen molar-refractivity contribution >= 4 is 50.7 Å². The Morgan fingerprint density at radius 1 is 0.581 bits per heavy atom. The van der Waals surface area contributed by atoms with E-state index in [1.807, 2.05) is 24.3 Å². The minimum Gasteiger partial charge on any atom is -0.423 e. The first-order chi connectivity index (χ1) is 35.4. The molecule has 10 rings (SSSR count). The predicted octanol–water partition coefficient (Wildman–Crippen LogP) is 6.30. The van der Waals surface area contributed by atoms with Gasteiger partial charge in [0.1, 0.15) is 0 Å². The number of sulfonamides is 2. The first-order valence-corrected chi connectivity index (χ1v) is 29.0. The van der Waals surface area contributed by atoms with Gasteiger partial charge in [0.25, 0.3) is 0 Å². The molecule has 4 fully saturated rings. The molecule has 398 valence electrons. The molecule has 0 radical (unpaired) electrons. The highest BCUT2D eigenvalue weighted by Gasteiger charge is 2.27. The zero-order valence-corrected chi connectivity index (χ0v) is 45.0. The van der Waals surface area contributed by atoms with Gasteiger partial charge >= 0.3 is 7.12 Å². The van der Waals surface area contributed by atoms with Gasteiger partial charge in [0.15, 0.2) is 0 Å². The molecule has 2 aromatic heterocycles. The van der Waals surface area contributed by atoms with Gasteiger partial charge in [0.05, 0.1) is 21.9 Å². The van der Waals surface area contributed by atoms with Gasteiger partial charge in [-0.1, -0.05) is 125 Å². The van der Waals surface area contributed by atoms with Crippen molar-refractivity contribution in [3.63, 3.8) is 0 Å². The van der Waals surface area contributed by atoms with Crippen LogP contribution in [-0.2, 0) is 32.9 Å². The van der Waals surface area contributed by atoms with E-state index < -0.39 is 27.2 Å². The van der Waals surface area contributed by atoms with E-state index in [1.165, 1.54) is 84.0 Å². The van der Waals surface area contributed by atoms with E-state index in [1.54, 1.807) is 58.1 Å². The van der Waals surface area contributed by atoms with Crippen molar-refractivity contribution in [3.8, 4) is 22.8 Å². The van der Waals surface area contributed by atoms with Crippen molar-refractivity contribution in [1.82, 2.24) is 55.2 Å². The average molecular weight is 1070 g/mol. The van der Waals surface area contributed by atoms with Gasteiger partial charge in [-0.25, -0.2) is 26.3 Å². The molecule has 2 saturated heterocycles. The maximum absolute atomic E-state index is 12.5. The third-order valence-corrected chi connectivity index (χ3v) is 17.6. The number of nitrogens with one attached hydrogen (secondary N) is 3. The van der Waals surface area contributed by atoms with Gasteiger partial charge in [-0.2, -0.15) is 9.59 Å². The molecule has 2 aliphatic carbocycles. The van der Waals surface area contributed by atoms with Gasteiger partial charge in [0.2, 0.25) is 31.7 Å². The summed E-state index contributed by atoms with van der Waals surface area (Å²) in [6.45, 7) is 3.78. The number of hydrogen-bond acceptors (Lipinski definition) is 14. The van der Waals surface area contributed by atoms with Gasteiger partial charge < -0.3 is 20.3 Å². The molecule has 0 spiro atoms. The predicted molar refractivity (Wildman–Crippen MR) is 291 cm³/mol. The summed E-state index contributed by atoms with van der Waals surface area (Å²) < 4.78 is 54.5. The van der Waals surface area contributed by atoms with Gasteiger partial charge in [-0.3, -0.25) is 0 Å². The monoisotopic (exact) mass is 1070 g/mol. The molecule has 18 nitrogen and oxygen atoms in total. The Hall–Kier alpha value is -5.13. The second-order valence-electron chi connectivity index (χ2n) is 19.7. The summed E-state index contributed by atoms with van der Waals surface area (Å²) in [5.74, 6) is 2.28. The number of nitrogens with zero attached hydrogens (tertiary/aromatic N) is 9. The number of aromatic nitrogens is 8. The van der Waals surface area contributed by atoms with Crippen LogP contribution in [0.1, 0.15) is 113 Å². The minimum atomic E-state index is -3.56. The quantitative estimate of drug-likeness (QED) is 0.0754. The Morgan fingerprint density at radius 3 is 1.43 bits per heavy atom. The molecule has 5 N–H and O–H groups in total. The highest BCUT2D eigenvalue weighted by Crippen LogP contribution is 2.34. The van der Waals surface area contributed by atoms with E-state index in [4.69, 9.17) is 15.1 Å². The molecule has 2 aliphatic heterocycles. The maximum atomic E-state index is 12.5. The Bertz CT molecular complexity index is 2890. The Morgan fingerprint density at radius 2 is 1.01 bits per heavy atom. The Kier molecular flexibility index (Phi) is 20.7. The minimum absolute atomic E-state index is 0. The molecule has 4 heterocycles. The van der Waals surface area contributed by atoms with Crippen LogP contribution < -0.4 is 25.1 Å². The van der Waals surface area contributed by atoms with Crippen LogP contribution in [0.5, 0.6) is 0 Å². The third-order valence-electron chi connectivity index (χ3n) is 14.8. The Labute approximate surface area is 443 Å². The fourth-order valence-electron chi connectivity index (χ4n) is 10.5. The zero-order valence-electron chi connectivity index (χ0n) is 42.5. The number of hydrogen-bond donors (Lipinski definition) is 5. The van der Waals surface area contributed by atoms with Crippen LogP contribution in [0.15, 0.2) is 107 Å². The number of para-hydroxylation sites is 1. The molecule has 2 saturated carbocycles. The smallest absolute Gasteiger partial charge is 0.423 e. The molecule has 0 bridgehead atoms. The fraction of sp³-hybridized carbons (Fsp3) is 0.500. The number of rotatable bonds is 14. The molecule has 0 unspecified atom stereocenters. The SMILES string of the molecule is CNS(=O)(=O)c1ccc(CC2CCCCC2)c(-c2nnn(C3CCN(c4ccccc4)CC3)n2)c1.CNS(=O)(=O)c1ccc(CC2CCCCC2)c(-c2nnn(C3CCNCC3)n2)c1.Cl.OB(O)c1ccccc1. The molecular weight excluding hydrogens is 999 g/mol. The van der Waals surface area contributed by atoms with Gasteiger partial charge in [0, 0.05) is 29.9 Å². The summed E-state index contributed by atoms with van der Waals surface area (Å²) in [7, 11) is -5.58. The van der Waals surface area contributed by atoms with E-state index in [2.05, 4.69) is 69.6 Å².